The Morgan fingerprint density at radius 2 is 1.96 bits per heavy atom. The van der Waals surface area contributed by atoms with E-state index < -0.39 is 12.0 Å². The van der Waals surface area contributed by atoms with Gasteiger partial charge in [0.15, 0.2) is 0 Å². The Morgan fingerprint density at radius 3 is 2.62 bits per heavy atom. The molecule has 1 amide bonds. The third kappa shape index (κ3) is 3.52. The van der Waals surface area contributed by atoms with E-state index in [-0.39, 0.29) is 17.7 Å². The van der Waals surface area contributed by atoms with Crippen LogP contribution in [-0.4, -0.2) is 43.0 Å². The number of aromatic nitrogens is 4. The van der Waals surface area contributed by atoms with Gasteiger partial charge in [-0.2, -0.15) is 18.2 Å². The van der Waals surface area contributed by atoms with E-state index >= 15 is 0 Å². The zero-order valence-electron chi connectivity index (χ0n) is 15.1. The second-order valence-corrected chi connectivity index (χ2v) is 6.84. The molecule has 1 atom stereocenters. The lowest BCUT2D eigenvalue weighted by molar-refractivity contribution is -0.144. The maximum atomic E-state index is 12.8. The third-order valence-corrected chi connectivity index (χ3v) is 5.01. The van der Waals surface area contributed by atoms with E-state index in [2.05, 4.69) is 22.0 Å². The van der Waals surface area contributed by atoms with Crippen LogP contribution in [0.3, 0.4) is 0 Å². The quantitative estimate of drug-likeness (QED) is 0.834. The van der Waals surface area contributed by atoms with Crippen LogP contribution in [0, 0.1) is 13.8 Å². The molecule has 1 aliphatic rings. The van der Waals surface area contributed by atoms with Crippen molar-refractivity contribution in [2.24, 2.45) is 0 Å². The molecule has 0 radical (unpaired) electrons. The molecule has 1 aliphatic heterocycles. The van der Waals surface area contributed by atoms with E-state index in [0.29, 0.717) is 24.2 Å². The summed E-state index contributed by atoms with van der Waals surface area (Å²) in [6, 6.07) is 0.240. The molecule has 0 aliphatic carbocycles. The normalized spacial score (nSPS) is 18.5. The van der Waals surface area contributed by atoms with Gasteiger partial charge in [0.25, 0.3) is 11.6 Å². The molecule has 0 N–H and O–H groups in total. The highest BCUT2D eigenvalue weighted by Crippen LogP contribution is 2.27. The van der Waals surface area contributed by atoms with E-state index in [0.717, 1.165) is 35.9 Å². The molecule has 0 unspecified atom stereocenters. The van der Waals surface area contributed by atoms with Crippen LogP contribution < -0.4 is 0 Å². The van der Waals surface area contributed by atoms with Crippen molar-refractivity contribution in [3.05, 3.63) is 22.8 Å². The van der Waals surface area contributed by atoms with Crippen LogP contribution in [-0.2, 0) is 17.4 Å². The van der Waals surface area contributed by atoms with Gasteiger partial charge in [0, 0.05) is 30.4 Å². The summed E-state index contributed by atoms with van der Waals surface area (Å²) < 4.78 is 39.6. The third-order valence-electron chi connectivity index (χ3n) is 5.01. The van der Waals surface area contributed by atoms with Crippen LogP contribution >= 0.6 is 0 Å². The van der Waals surface area contributed by atoms with E-state index in [1.54, 1.807) is 13.8 Å². The molecular formula is C17H22F3N5O. The second-order valence-electron chi connectivity index (χ2n) is 6.84. The highest BCUT2D eigenvalue weighted by molar-refractivity contribution is 5.77. The summed E-state index contributed by atoms with van der Waals surface area (Å²) >= 11 is 0. The van der Waals surface area contributed by atoms with Gasteiger partial charge in [0.1, 0.15) is 0 Å². The molecule has 26 heavy (non-hydrogen) atoms. The molecular weight excluding hydrogens is 347 g/mol. The van der Waals surface area contributed by atoms with Crippen molar-refractivity contribution in [1.82, 2.24) is 24.5 Å². The Balaban J connectivity index is 1.82. The molecule has 0 spiro atoms. The lowest BCUT2D eigenvalue weighted by atomic mass is 10.0. The molecule has 142 valence electrons. The number of nitrogens with zero attached hydrogens (tertiary/aromatic N) is 5. The van der Waals surface area contributed by atoms with Crippen LogP contribution in [0.2, 0.25) is 0 Å². The number of carbonyl (C=O) groups excluding carboxylic acids is 1. The van der Waals surface area contributed by atoms with Crippen molar-refractivity contribution < 1.29 is 18.0 Å². The first-order valence-corrected chi connectivity index (χ1v) is 8.78. The van der Waals surface area contributed by atoms with Gasteiger partial charge in [-0.15, -0.1) is 5.10 Å². The molecule has 3 heterocycles. The number of hydrogen-bond acceptors (Lipinski definition) is 4. The Kier molecular flexibility index (Phi) is 4.90. The minimum atomic E-state index is -4.62. The fraction of sp³-hybridized carbons (Fsp3) is 0.647. The number of amides is 1. The first-order chi connectivity index (χ1) is 12.2. The van der Waals surface area contributed by atoms with Crippen molar-refractivity contribution >= 4 is 11.7 Å². The topological polar surface area (TPSA) is 63.4 Å². The molecule has 2 aromatic rings. The van der Waals surface area contributed by atoms with Crippen LogP contribution in [0.5, 0.6) is 0 Å². The first kappa shape index (κ1) is 18.6. The van der Waals surface area contributed by atoms with Gasteiger partial charge in [-0.1, -0.05) is 0 Å². The standard InChI is InChI=1S/C17H22F3N5O/c1-10-6-4-5-9-24(10)14(26)8-7-13-11(2)21-16-22-15(17(18,19)20)23-25(16)12(13)3/h10H,4-9H2,1-3H3/t10-/m0/s1. The molecule has 3 rings (SSSR count). The monoisotopic (exact) mass is 369 g/mol. The minimum absolute atomic E-state index is 0.0747. The van der Waals surface area contributed by atoms with Crippen LogP contribution in [0.15, 0.2) is 0 Å². The van der Waals surface area contributed by atoms with Gasteiger partial charge in [-0.25, -0.2) is 9.50 Å². The Labute approximate surface area is 149 Å². The number of rotatable bonds is 3. The molecule has 0 saturated carbocycles. The minimum Gasteiger partial charge on any atom is -0.340 e. The van der Waals surface area contributed by atoms with Crippen LogP contribution in [0.4, 0.5) is 13.2 Å². The van der Waals surface area contributed by atoms with Gasteiger partial charge in [-0.05, 0) is 52.0 Å². The Hall–Kier alpha value is -2.19. The lowest BCUT2D eigenvalue weighted by Crippen LogP contribution is -2.42. The number of aryl methyl sites for hydroxylation is 2. The number of carbonyl (C=O) groups is 1. The number of piperidine rings is 1. The first-order valence-electron chi connectivity index (χ1n) is 8.78. The van der Waals surface area contributed by atoms with Crippen molar-refractivity contribution in [3.8, 4) is 0 Å². The predicted molar refractivity (Wildman–Crippen MR) is 88.6 cm³/mol. The summed E-state index contributed by atoms with van der Waals surface area (Å²) in [6.07, 6.45) is -0.729. The number of alkyl halides is 3. The van der Waals surface area contributed by atoms with Gasteiger partial charge in [-0.3, -0.25) is 4.79 Å². The SMILES string of the molecule is Cc1nc2nc(C(F)(F)F)nn2c(C)c1CCC(=O)N1CCCC[C@@H]1C. The average Bonchev–Trinajstić information content (AvgIpc) is 2.99. The smallest absolute Gasteiger partial charge is 0.340 e. The molecule has 0 aromatic carbocycles. The average molecular weight is 369 g/mol. The lowest BCUT2D eigenvalue weighted by Gasteiger charge is -2.33. The van der Waals surface area contributed by atoms with Crippen molar-refractivity contribution in [2.45, 2.75) is 65.1 Å². The molecule has 6 nitrogen and oxygen atoms in total. The van der Waals surface area contributed by atoms with E-state index in [1.807, 2.05) is 4.90 Å². The fourth-order valence-corrected chi connectivity index (χ4v) is 3.53. The van der Waals surface area contributed by atoms with E-state index in [4.69, 9.17) is 0 Å². The van der Waals surface area contributed by atoms with Crippen molar-refractivity contribution in [3.63, 3.8) is 0 Å². The Morgan fingerprint density at radius 1 is 1.23 bits per heavy atom. The Bertz CT molecular complexity index is 830. The number of likely N-dealkylation sites (tertiary alicyclic amines) is 1. The zero-order valence-corrected chi connectivity index (χ0v) is 15.1. The van der Waals surface area contributed by atoms with Crippen LogP contribution in [0.1, 0.15) is 55.4 Å². The summed E-state index contributed by atoms with van der Waals surface area (Å²) in [4.78, 5) is 22.0. The number of hydrogen-bond donors (Lipinski definition) is 0. The van der Waals surface area contributed by atoms with Crippen molar-refractivity contribution in [1.29, 1.82) is 0 Å². The fourth-order valence-electron chi connectivity index (χ4n) is 3.53. The zero-order chi connectivity index (χ0) is 19.1. The highest BCUT2D eigenvalue weighted by atomic mass is 19.4. The summed E-state index contributed by atoms with van der Waals surface area (Å²) in [5, 5.41) is 3.54. The molecule has 9 heteroatoms. The number of fused-ring (bicyclic) bond motifs is 1. The van der Waals surface area contributed by atoms with E-state index in [1.165, 1.54) is 0 Å². The van der Waals surface area contributed by atoms with Gasteiger partial charge < -0.3 is 4.90 Å². The summed E-state index contributed by atoms with van der Waals surface area (Å²) in [5.41, 5.74) is 1.86. The summed E-state index contributed by atoms with van der Waals surface area (Å²) in [7, 11) is 0. The summed E-state index contributed by atoms with van der Waals surface area (Å²) in [5.74, 6) is -1.21. The molecule has 0 bridgehead atoms. The molecule has 2 aromatic heterocycles. The van der Waals surface area contributed by atoms with Gasteiger partial charge in [0.2, 0.25) is 5.91 Å². The van der Waals surface area contributed by atoms with Gasteiger partial charge in [0.05, 0.1) is 0 Å². The number of halogens is 3. The maximum Gasteiger partial charge on any atom is 0.453 e. The summed E-state index contributed by atoms with van der Waals surface area (Å²) in [6.45, 7) is 6.22. The maximum absolute atomic E-state index is 12.8. The van der Waals surface area contributed by atoms with Crippen LogP contribution in [0.25, 0.3) is 5.78 Å². The van der Waals surface area contributed by atoms with Crippen molar-refractivity contribution in [2.75, 3.05) is 6.54 Å². The second kappa shape index (κ2) is 6.85. The largest absolute Gasteiger partial charge is 0.453 e. The highest BCUT2D eigenvalue weighted by Gasteiger charge is 2.37. The van der Waals surface area contributed by atoms with E-state index in [9.17, 15) is 18.0 Å². The molecule has 1 fully saturated rings. The van der Waals surface area contributed by atoms with Gasteiger partial charge >= 0.3 is 6.18 Å². The molecule has 1 saturated heterocycles. The predicted octanol–water partition coefficient (Wildman–Crippen LogP) is 3.09.